The lowest BCUT2D eigenvalue weighted by Crippen LogP contribution is -2.51. The summed E-state index contributed by atoms with van der Waals surface area (Å²) in [7, 11) is 0. The highest BCUT2D eigenvalue weighted by atomic mass is 16.7. The zero-order valence-corrected chi connectivity index (χ0v) is 15.8. The van der Waals surface area contributed by atoms with Crippen LogP contribution in [-0.2, 0) is 20.7 Å². The maximum atomic E-state index is 11.2. The molecule has 5 rings (SSSR count). The number of aryl methyl sites for hydroxylation is 1. The van der Waals surface area contributed by atoms with Gasteiger partial charge in [0.05, 0.1) is 13.2 Å². The average Bonchev–Trinajstić information content (AvgIpc) is 3.21. The summed E-state index contributed by atoms with van der Waals surface area (Å²) < 4.78 is 17.7. The van der Waals surface area contributed by atoms with Crippen molar-refractivity contribution in [3.8, 4) is 5.75 Å². The van der Waals surface area contributed by atoms with Gasteiger partial charge >= 0.3 is 5.97 Å². The molecule has 1 saturated heterocycles. The van der Waals surface area contributed by atoms with Gasteiger partial charge in [-0.2, -0.15) is 0 Å². The number of fused-ring (bicyclic) bond motifs is 6. The normalized spacial score (nSPS) is 37.1. The molecule has 0 N–H and O–H groups in total. The molecule has 4 heteroatoms. The van der Waals surface area contributed by atoms with Crippen molar-refractivity contribution in [2.24, 2.45) is 17.3 Å². The minimum Gasteiger partial charge on any atom is -0.427 e. The molecular weight excluding hydrogens is 328 g/mol. The molecule has 2 saturated carbocycles. The minimum absolute atomic E-state index is 0.153. The average molecular weight is 356 g/mol. The van der Waals surface area contributed by atoms with Gasteiger partial charge in [-0.25, -0.2) is 0 Å². The third-order valence-corrected chi connectivity index (χ3v) is 7.76. The summed E-state index contributed by atoms with van der Waals surface area (Å²) in [6.45, 7) is 5.38. The lowest BCUT2D eigenvalue weighted by molar-refractivity contribution is -0.237. The fourth-order valence-corrected chi connectivity index (χ4v) is 6.67. The second-order valence-corrected chi connectivity index (χ2v) is 8.81. The fourth-order valence-electron chi connectivity index (χ4n) is 6.67. The molecule has 1 aromatic rings. The quantitative estimate of drug-likeness (QED) is 0.558. The summed E-state index contributed by atoms with van der Waals surface area (Å²) in [5.74, 6) is 2.14. The Labute approximate surface area is 155 Å². The van der Waals surface area contributed by atoms with Gasteiger partial charge in [0.2, 0.25) is 0 Å². The van der Waals surface area contributed by atoms with Crippen molar-refractivity contribution in [3.05, 3.63) is 29.3 Å². The second kappa shape index (κ2) is 5.80. The number of rotatable bonds is 1. The number of ether oxygens (including phenoxy) is 3. The molecule has 0 amide bonds. The zero-order valence-electron chi connectivity index (χ0n) is 15.8. The van der Waals surface area contributed by atoms with E-state index >= 15 is 0 Å². The first-order valence-electron chi connectivity index (χ1n) is 10.1. The van der Waals surface area contributed by atoms with Gasteiger partial charge in [0, 0.05) is 18.8 Å². The molecule has 4 aliphatic rings. The highest BCUT2D eigenvalue weighted by Crippen LogP contribution is 2.66. The highest BCUT2D eigenvalue weighted by Gasteiger charge is 2.64. The topological polar surface area (TPSA) is 44.8 Å². The number of carbonyl (C=O) groups excluding carboxylic acids is 1. The first-order chi connectivity index (χ1) is 12.5. The Morgan fingerprint density at radius 3 is 2.73 bits per heavy atom. The summed E-state index contributed by atoms with van der Waals surface area (Å²) in [4.78, 5) is 11.2. The van der Waals surface area contributed by atoms with E-state index in [1.165, 1.54) is 43.7 Å². The van der Waals surface area contributed by atoms with Gasteiger partial charge in [-0.15, -0.1) is 0 Å². The van der Waals surface area contributed by atoms with Gasteiger partial charge in [-0.05, 0) is 73.1 Å². The summed E-state index contributed by atoms with van der Waals surface area (Å²) in [5, 5.41) is 0. The van der Waals surface area contributed by atoms with Crippen molar-refractivity contribution in [2.45, 2.75) is 64.1 Å². The Hall–Kier alpha value is -1.39. The molecule has 3 unspecified atom stereocenters. The minimum atomic E-state index is -0.317. The molecule has 1 aromatic carbocycles. The van der Waals surface area contributed by atoms with Crippen LogP contribution in [0.1, 0.15) is 63.0 Å². The molecule has 1 heterocycles. The molecule has 26 heavy (non-hydrogen) atoms. The summed E-state index contributed by atoms with van der Waals surface area (Å²) in [5.41, 5.74) is 3.00. The van der Waals surface area contributed by atoms with E-state index < -0.39 is 0 Å². The van der Waals surface area contributed by atoms with Crippen LogP contribution in [0.4, 0.5) is 0 Å². The van der Waals surface area contributed by atoms with Crippen LogP contribution in [-0.4, -0.2) is 25.0 Å². The number of hydrogen-bond acceptors (Lipinski definition) is 4. The summed E-state index contributed by atoms with van der Waals surface area (Å²) >= 11 is 0. The van der Waals surface area contributed by atoms with Gasteiger partial charge in [-0.1, -0.05) is 13.0 Å². The lowest BCUT2D eigenvalue weighted by Gasteiger charge is -2.52. The van der Waals surface area contributed by atoms with Crippen LogP contribution in [0.15, 0.2) is 18.2 Å². The van der Waals surface area contributed by atoms with Gasteiger partial charge in [0.15, 0.2) is 5.79 Å². The van der Waals surface area contributed by atoms with Crippen LogP contribution in [0.3, 0.4) is 0 Å². The first kappa shape index (κ1) is 16.8. The van der Waals surface area contributed by atoms with E-state index in [1.807, 2.05) is 6.07 Å². The van der Waals surface area contributed by atoms with E-state index in [0.29, 0.717) is 23.5 Å². The molecule has 4 nitrogen and oxygen atoms in total. The van der Waals surface area contributed by atoms with Gasteiger partial charge in [-0.3, -0.25) is 4.79 Å². The van der Waals surface area contributed by atoms with Gasteiger partial charge in [0.1, 0.15) is 5.75 Å². The molecule has 140 valence electrons. The Balaban J connectivity index is 1.44. The largest absolute Gasteiger partial charge is 0.427 e. The van der Waals surface area contributed by atoms with Crippen LogP contribution in [0.5, 0.6) is 5.75 Å². The maximum absolute atomic E-state index is 11.2. The molecule has 4 atom stereocenters. The third kappa shape index (κ3) is 2.24. The number of hydrogen-bond donors (Lipinski definition) is 0. The van der Waals surface area contributed by atoms with Crippen LogP contribution in [0.25, 0.3) is 0 Å². The summed E-state index contributed by atoms with van der Waals surface area (Å²) in [6.07, 6.45) is 6.94. The molecule has 0 radical (unpaired) electrons. The Morgan fingerprint density at radius 1 is 1.15 bits per heavy atom. The predicted molar refractivity (Wildman–Crippen MR) is 97.0 cm³/mol. The van der Waals surface area contributed by atoms with E-state index in [4.69, 9.17) is 14.2 Å². The van der Waals surface area contributed by atoms with E-state index in [-0.39, 0.29) is 17.2 Å². The number of esters is 1. The molecular formula is C22H28O4. The smallest absolute Gasteiger partial charge is 0.308 e. The highest BCUT2D eigenvalue weighted by molar-refractivity contribution is 5.69. The molecule has 3 fully saturated rings. The second-order valence-electron chi connectivity index (χ2n) is 8.81. The van der Waals surface area contributed by atoms with Gasteiger partial charge < -0.3 is 14.2 Å². The SMILES string of the molecule is CC(=O)Oc1ccc2c(c1)CCC1C2CC[C@@]2(C)C1CCC21OCCO1. The van der Waals surface area contributed by atoms with Crippen LogP contribution in [0, 0.1) is 17.3 Å². The molecule has 3 aliphatic carbocycles. The van der Waals surface area contributed by atoms with E-state index in [0.717, 1.165) is 26.1 Å². The molecule has 1 spiro atoms. The fraction of sp³-hybridized carbons (Fsp3) is 0.682. The van der Waals surface area contributed by atoms with Crippen LogP contribution < -0.4 is 4.74 Å². The maximum Gasteiger partial charge on any atom is 0.308 e. The number of carbonyl (C=O) groups is 1. The molecule has 0 aromatic heterocycles. The van der Waals surface area contributed by atoms with E-state index in [2.05, 4.69) is 19.1 Å². The Morgan fingerprint density at radius 2 is 1.96 bits per heavy atom. The van der Waals surface area contributed by atoms with E-state index in [9.17, 15) is 4.79 Å². The van der Waals surface area contributed by atoms with Crippen molar-refractivity contribution in [1.82, 2.24) is 0 Å². The summed E-state index contributed by atoms with van der Waals surface area (Å²) in [6, 6.07) is 6.26. The van der Waals surface area contributed by atoms with Crippen molar-refractivity contribution < 1.29 is 19.0 Å². The molecule has 1 aliphatic heterocycles. The van der Waals surface area contributed by atoms with Crippen molar-refractivity contribution >= 4 is 5.97 Å². The number of benzene rings is 1. The monoisotopic (exact) mass is 356 g/mol. The zero-order chi connectivity index (χ0) is 17.9. The van der Waals surface area contributed by atoms with Crippen LogP contribution >= 0.6 is 0 Å². The van der Waals surface area contributed by atoms with Crippen molar-refractivity contribution in [1.29, 1.82) is 0 Å². The van der Waals surface area contributed by atoms with Crippen molar-refractivity contribution in [3.63, 3.8) is 0 Å². The third-order valence-electron chi connectivity index (χ3n) is 7.76. The Kier molecular flexibility index (Phi) is 3.74. The molecule has 0 bridgehead atoms. The standard InChI is InChI=1S/C22H28O4/c1-14(23)26-16-4-6-17-15(13-16)3-5-19-18(17)7-9-21(2)20(19)8-10-22(21)24-11-12-25-22/h4,6,13,18-20H,3,5,7-12H2,1-2H3/t18?,19?,20?,21-/m0/s1. The first-order valence-corrected chi connectivity index (χ1v) is 10.1. The van der Waals surface area contributed by atoms with E-state index in [1.54, 1.807) is 0 Å². The predicted octanol–water partition coefficient (Wildman–Crippen LogP) is 4.21. The van der Waals surface area contributed by atoms with Crippen molar-refractivity contribution in [2.75, 3.05) is 13.2 Å². The Bertz CT molecular complexity index is 736. The van der Waals surface area contributed by atoms with Gasteiger partial charge in [0.25, 0.3) is 0 Å². The van der Waals surface area contributed by atoms with Crippen LogP contribution in [0.2, 0.25) is 0 Å². The lowest BCUT2D eigenvalue weighted by atomic mass is 9.55.